The zero-order valence-electron chi connectivity index (χ0n) is 6.26. The summed E-state index contributed by atoms with van der Waals surface area (Å²) in [5.74, 6) is 0.0483. The number of carbonyl (C=O) groups is 1. The number of hydrogen-bond acceptors (Lipinski definition) is 1. The molecule has 10 heavy (non-hydrogen) atoms. The minimum Gasteiger partial charge on any atom is -0.350 e. The lowest BCUT2D eigenvalue weighted by Gasteiger charge is -2.25. The van der Waals surface area contributed by atoms with Gasteiger partial charge in [-0.2, -0.15) is 0 Å². The van der Waals surface area contributed by atoms with Gasteiger partial charge in [0.15, 0.2) is 0 Å². The molecule has 0 spiro atoms. The first kappa shape index (κ1) is 7.32. The summed E-state index contributed by atoms with van der Waals surface area (Å²) in [6.45, 7) is 1.85. The van der Waals surface area contributed by atoms with Gasteiger partial charge in [-0.1, -0.05) is 6.08 Å². The Morgan fingerprint density at radius 3 is 2.70 bits per heavy atom. The van der Waals surface area contributed by atoms with E-state index in [1.165, 1.54) is 6.42 Å². The first-order valence-corrected chi connectivity index (χ1v) is 3.76. The summed E-state index contributed by atoms with van der Waals surface area (Å²) in [4.78, 5) is 10.8. The van der Waals surface area contributed by atoms with E-state index in [9.17, 15) is 4.79 Å². The summed E-state index contributed by atoms with van der Waals surface area (Å²) in [5.41, 5.74) is 0. The van der Waals surface area contributed by atoms with Gasteiger partial charge in [0, 0.05) is 6.04 Å². The third-order valence-electron chi connectivity index (χ3n) is 1.77. The van der Waals surface area contributed by atoms with E-state index in [1.807, 2.05) is 6.92 Å². The molecule has 1 fully saturated rings. The highest BCUT2D eigenvalue weighted by Gasteiger charge is 2.17. The lowest BCUT2D eigenvalue weighted by Crippen LogP contribution is -2.38. The summed E-state index contributed by atoms with van der Waals surface area (Å²) >= 11 is 0. The molecule has 0 atom stereocenters. The summed E-state index contributed by atoms with van der Waals surface area (Å²) < 4.78 is 0. The monoisotopic (exact) mass is 139 g/mol. The molecule has 0 radical (unpaired) electrons. The van der Waals surface area contributed by atoms with Gasteiger partial charge in [-0.15, -0.1) is 0 Å². The number of nitrogens with one attached hydrogen (secondary N) is 1. The minimum atomic E-state index is 0.0483. The predicted molar refractivity (Wildman–Crippen MR) is 40.6 cm³/mol. The van der Waals surface area contributed by atoms with Gasteiger partial charge >= 0.3 is 0 Å². The van der Waals surface area contributed by atoms with Crippen LogP contribution in [-0.4, -0.2) is 11.9 Å². The van der Waals surface area contributed by atoms with Crippen LogP contribution in [0, 0.1) is 0 Å². The highest BCUT2D eigenvalue weighted by molar-refractivity contribution is 5.87. The van der Waals surface area contributed by atoms with Crippen LogP contribution in [0.25, 0.3) is 0 Å². The van der Waals surface area contributed by atoms with Gasteiger partial charge < -0.3 is 5.32 Å². The topological polar surface area (TPSA) is 29.1 Å². The van der Waals surface area contributed by atoms with Crippen molar-refractivity contribution in [2.75, 3.05) is 0 Å². The normalized spacial score (nSPS) is 18.9. The van der Waals surface area contributed by atoms with E-state index in [0.717, 1.165) is 12.8 Å². The zero-order chi connectivity index (χ0) is 7.40. The number of amides is 1. The standard InChI is InChI=1S/C8H13NO/c1-2-4-8(10)9-7-5-3-6-7/h2,4,7H,3,5-6H2,1H3,(H,9,10). The van der Waals surface area contributed by atoms with Crippen LogP contribution in [-0.2, 0) is 4.79 Å². The Hall–Kier alpha value is -0.790. The molecule has 0 aliphatic heterocycles. The van der Waals surface area contributed by atoms with Gasteiger partial charge in [0.1, 0.15) is 0 Å². The minimum absolute atomic E-state index is 0.0483. The molecule has 0 aromatic rings. The molecule has 0 unspecified atom stereocenters. The van der Waals surface area contributed by atoms with E-state index in [4.69, 9.17) is 0 Å². The fraction of sp³-hybridized carbons (Fsp3) is 0.625. The van der Waals surface area contributed by atoms with Crippen LogP contribution in [0.3, 0.4) is 0 Å². The van der Waals surface area contributed by atoms with Crippen molar-refractivity contribution in [3.05, 3.63) is 12.2 Å². The van der Waals surface area contributed by atoms with Gasteiger partial charge in [0.2, 0.25) is 5.91 Å². The van der Waals surface area contributed by atoms with E-state index in [2.05, 4.69) is 5.32 Å². The first-order chi connectivity index (χ1) is 4.83. The molecule has 0 heterocycles. The van der Waals surface area contributed by atoms with E-state index < -0.39 is 0 Å². The quantitative estimate of drug-likeness (QED) is 0.573. The Kier molecular flexibility index (Phi) is 2.49. The second-order valence-corrected chi connectivity index (χ2v) is 2.64. The van der Waals surface area contributed by atoms with Crippen LogP contribution in [0.1, 0.15) is 26.2 Å². The molecule has 0 bridgehead atoms. The van der Waals surface area contributed by atoms with Crippen molar-refractivity contribution in [3.63, 3.8) is 0 Å². The van der Waals surface area contributed by atoms with Crippen LogP contribution in [0.5, 0.6) is 0 Å². The van der Waals surface area contributed by atoms with E-state index in [0.29, 0.717) is 6.04 Å². The van der Waals surface area contributed by atoms with Crippen LogP contribution in [0.2, 0.25) is 0 Å². The van der Waals surface area contributed by atoms with Crippen LogP contribution in [0.15, 0.2) is 12.2 Å². The molecule has 1 amide bonds. The number of rotatable bonds is 2. The molecule has 1 aliphatic rings. The van der Waals surface area contributed by atoms with Gasteiger partial charge in [0.05, 0.1) is 0 Å². The van der Waals surface area contributed by atoms with E-state index >= 15 is 0 Å². The molecule has 0 aromatic carbocycles. The molecule has 0 aromatic heterocycles. The van der Waals surface area contributed by atoms with Crippen LogP contribution >= 0.6 is 0 Å². The van der Waals surface area contributed by atoms with Crippen molar-refractivity contribution in [1.82, 2.24) is 5.32 Å². The van der Waals surface area contributed by atoms with Crippen molar-refractivity contribution in [3.8, 4) is 0 Å². The highest BCUT2D eigenvalue weighted by atomic mass is 16.1. The average Bonchev–Trinajstić information content (AvgIpc) is 1.80. The molecule has 1 aliphatic carbocycles. The summed E-state index contributed by atoms with van der Waals surface area (Å²) in [6.07, 6.45) is 6.90. The average molecular weight is 139 g/mol. The van der Waals surface area contributed by atoms with Crippen molar-refractivity contribution >= 4 is 5.91 Å². The van der Waals surface area contributed by atoms with Crippen molar-refractivity contribution in [1.29, 1.82) is 0 Å². The van der Waals surface area contributed by atoms with Gasteiger partial charge in [-0.25, -0.2) is 0 Å². The fourth-order valence-corrected chi connectivity index (χ4v) is 0.953. The van der Waals surface area contributed by atoms with Crippen molar-refractivity contribution < 1.29 is 4.79 Å². The molecular formula is C8H13NO. The Morgan fingerprint density at radius 2 is 2.30 bits per heavy atom. The molecule has 1 saturated carbocycles. The summed E-state index contributed by atoms with van der Waals surface area (Å²) in [7, 11) is 0. The SMILES string of the molecule is CC=CC(=O)NC1CCC1. The first-order valence-electron chi connectivity index (χ1n) is 3.76. The smallest absolute Gasteiger partial charge is 0.243 e. The molecule has 2 nitrogen and oxygen atoms in total. The van der Waals surface area contributed by atoms with Gasteiger partial charge in [0.25, 0.3) is 0 Å². The predicted octanol–water partition coefficient (Wildman–Crippen LogP) is 1.23. The second kappa shape index (κ2) is 3.40. The molecular weight excluding hydrogens is 126 g/mol. The zero-order valence-corrected chi connectivity index (χ0v) is 6.26. The largest absolute Gasteiger partial charge is 0.350 e. The maximum Gasteiger partial charge on any atom is 0.243 e. The van der Waals surface area contributed by atoms with Crippen LogP contribution < -0.4 is 5.32 Å². The number of hydrogen-bond donors (Lipinski definition) is 1. The van der Waals surface area contributed by atoms with E-state index in [1.54, 1.807) is 12.2 Å². The fourth-order valence-electron chi connectivity index (χ4n) is 0.953. The maximum atomic E-state index is 10.8. The molecule has 1 N–H and O–H groups in total. The summed E-state index contributed by atoms with van der Waals surface area (Å²) in [6, 6.07) is 0.462. The molecule has 56 valence electrons. The Labute approximate surface area is 61.3 Å². The second-order valence-electron chi connectivity index (χ2n) is 2.64. The lowest BCUT2D eigenvalue weighted by atomic mass is 9.93. The van der Waals surface area contributed by atoms with Crippen LogP contribution in [0.4, 0.5) is 0 Å². The Balaban J connectivity index is 2.17. The Morgan fingerprint density at radius 1 is 1.60 bits per heavy atom. The Bertz CT molecular complexity index is 147. The van der Waals surface area contributed by atoms with Gasteiger partial charge in [-0.05, 0) is 32.3 Å². The van der Waals surface area contributed by atoms with Crippen molar-refractivity contribution in [2.45, 2.75) is 32.2 Å². The molecule has 0 saturated heterocycles. The summed E-state index contributed by atoms with van der Waals surface area (Å²) in [5, 5.41) is 2.89. The maximum absolute atomic E-state index is 10.8. The van der Waals surface area contributed by atoms with Gasteiger partial charge in [-0.3, -0.25) is 4.79 Å². The highest BCUT2D eigenvalue weighted by Crippen LogP contribution is 2.17. The van der Waals surface area contributed by atoms with E-state index in [-0.39, 0.29) is 5.91 Å². The molecule has 1 rings (SSSR count). The lowest BCUT2D eigenvalue weighted by molar-refractivity contribution is -0.117. The third kappa shape index (κ3) is 1.87. The number of allylic oxidation sites excluding steroid dienone is 1. The number of carbonyl (C=O) groups excluding carboxylic acids is 1. The molecule has 2 heteroatoms. The van der Waals surface area contributed by atoms with Crippen molar-refractivity contribution in [2.24, 2.45) is 0 Å². The third-order valence-corrected chi connectivity index (χ3v) is 1.77.